The van der Waals surface area contributed by atoms with Crippen LogP contribution in [0.25, 0.3) is 0 Å². The van der Waals surface area contributed by atoms with Crippen LogP contribution in [0, 0.1) is 28.1 Å². The van der Waals surface area contributed by atoms with Gasteiger partial charge in [0.2, 0.25) is 5.90 Å². The lowest BCUT2D eigenvalue weighted by molar-refractivity contribution is -0.119. The van der Waals surface area contributed by atoms with Gasteiger partial charge in [-0.2, -0.15) is 14.0 Å². The van der Waals surface area contributed by atoms with E-state index < -0.39 is 18.4 Å². The van der Waals surface area contributed by atoms with E-state index in [1.165, 1.54) is 12.1 Å². The number of hydrogen-bond acceptors (Lipinski definition) is 5. The number of rotatable bonds is 3. The van der Waals surface area contributed by atoms with Crippen molar-refractivity contribution in [2.75, 3.05) is 0 Å². The van der Waals surface area contributed by atoms with Crippen molar-refractivity contribution in [1.82, 2.24) is 0 Å². The van der Waals surface area contributed by atoms with Crippen LogP contribution in [0.4, 0.5) is 8.78 Å². The van der Waals surface area contributed by atoms with Gasteiger partial charge in [0.05, 0.1) is 6.07 Å². The smallest absolute Gasteiger partial charge is 0.387 e. The van der Waals surface area contributed by atoms with Crippen LogP contribution in [0.5, 0.6) is 5.75 Å². The topological polar surface area (TPSA) is 83.2 Å². The van der Waals surface area contributed by atoms with Crippen LogP contribution < -0.4 is 4.74 Å². The first-order valence-electron chi connectivity index (χ1n) is 8.19. The predicted molar refractivity (Wildman–Crippen MR) is 88.8 cm³/mol. The van der Waals surface area contributed by atoms with Gasteiger partial charge in [0.1, 0.15) is 17.4 Å². The van der Waals surface area contributed by atoms with Crippen molar-refractivity contribution in [2.24, 2.45) is 11.3 Å². The minimum Gasteiger partial charge on any atom is -0.446 e. The number of carbonyl (C=O) groups is 1. The molecule has 0 amide bonds. The second-order valence-corrected chi connectivity index (χ2v) is 7.28. The Morgan fingerprint density at radius 3 is 2.54 bits per heavy atom. The number of alkyl halides is 2. The van der Waals surface area contributed by atoms with Crippen LogP contribution >= 0.6 is 0 Å². The fraction of sp³-hybridized carbons (Fsp3) is 0.421. The Balaban J connectivity index is 2.05. The van der Waals surface area contributed by atoms with E-state index in [9.17, 15) is 18.8 Å². The Kier molecular flexibility index (Phi) is 4.53. The van der Waals surface area contributed by atoms with E-state index in [0.717, 1.165) is 0 Å². The zero-order valence-electron chi connectivity index (χ0n) is 14.4. The Morgan fingerprint density at radius 1 is 1.31 bits per heavy atom. The second kappa shape index (κ2) is 6.52. The molecule has 7 heteroatoms. The maximum absolute atomic E-state index is 12.8. The Bertz CT molecular complexity index is 822. The van der Waals surface area contributed by atoms with Gasteiger partial charge in [-0.1, -0.05) is 26.0 Å². The van der Waals surface area contributed by atoms with Crippen molar-refractivity contribution in [1.29, 1.82) is 10.7 Å². The van der Waals surface area contributed by atoms with Crippen LogP contribution in [0.3, 0.4) is 0 Å². The molecular weight excluding hydrogens is 342 g/mol. The summed E-state index contributed by atoms with van der Waals surface area (Å²) in [6, 6.07) is 7.86. The molecule has 1 aliphatic carbocycles. The first kappa shape index (κ1) is 18.1. The van der Waals surface area contributed by atoms with Crippen molar-refractivity contribution in [3.8, 4) is 11.8 Å². The van der Waals surface area contributed by atoms with Gasteiger partial charge < -0.3 is 9.47 Å². The van der Waals surface area contributed by atoms with Crippen LogP contribution in [0.1, 0.15) is 38.2 Å². The monoisotopic (exact) mass is 360 g/mol. The van der Waals surface area contributed by atoms with Crippen molar-refractivity contribution in [3.05, 3.63) is 41.2 Å². The van der Waals surface area contributed by atoms with Gasteiger partial charge in [0.15, 0.2) is 5.78 Å². The SMILES string of the molecule is CC1(C)CC(=O)C2=C(C1)OC(=N)C(C#N)C2c1ccc(OC(F)F)cc1. The van der Waals surface area contributed by atoms with E-state index in [1.54, 1.807) is 12.1 Å². The molecule has 0 spiro atoms. The highest BCUT2D eigenvalue weighted by molar-refractivity contribution is 6.01. The quantitative estimate of drug-likeness (QED) is 0.877. The van der Waals surface area contributed by atoms with Crippen LogP contribution in [0.15, 0.2) is 35.6 Å². The fourth-order valence-corrected chi connectivity index (χ4v) is 3.58. The zero-order valence-corrected chi connectivity index (χ0v) is 14.4. The molecule has 5 nitrogen and oxygen atoms in total. The van der Waals surface area contributed by atoms with Gasteiger partial charge in [0, 0.05) is 24.3 Å². The van der Waals surface area contributed by atoms with Crippen molar-refractivity contribution >= 4 is 11.7 Å². The summed E-state index contributed by atoms with van der Waals surface area (Å²) in [5, 5.41) is 17.6. The van der Waals surface area contributed by atoms with Crippen LogP contribution in [-0.2, 0) is 9.53 Å². The number of benzene rings is 1. The maximum atomic E-state index is 12.8. The van der Waals surface area contributed by atoms with Gasteiger partial charge in [0.25, 0.3) is 0 Å². The Hall–Kier alpha value is -2.75. The number of allylic oxidation sites excluding steroid dienone is 2. The number of carbonyl (C=O) groups excluding carboxylic acids is 1. The number of halogens is 2. The van der Waals surface area contributed by atoms with E-state index in [2.05, 4.69) is 4.74 Å². The minimum atomic E-state index is -2.93. The third-order valence-corrected chi connectivity index (χ3v) is 4.64. The number of nitrogens with one attached hydrogen (secondary N) is 1. The summed E-state index contributed by atoms with van der Waals surface area (Å²) in [6.07, 6.45) is 0.821. The first-order chi connectivity index (χ1) is 12.2. The van der Waals surface area contributed by atoms with E-state index in [4.69, 9.17) is 10.1 Å². The minimum absolute atomic E-state index is 0.00954. The number of ketones is 1. The standard InChI is InChI=1S/C19H18F2N2O3/c1-19(2)7-13(24)16-14(8-19)26-17(23)12(9-22)15(16)10-3-5-11(6-4-10)25-18(20)21/h3-6,12,15,18,23H,7-8H2,1-2H3. The highest BCUT2D eigenvalue weighted by Crippen LogP contribution is 2.47. The normalized spacial score (nSPS) is 24.8. The molecule has 3 rings (SSSR count). The summed E-state index contributed by atoms with van der Waals surface area (Å²) in [4.78, 5) is 12.8. The van der Waals surface area contributed by atoms with Crippen molar-refractivity contribution < 1.29 is 23.0 Å². The summed E-state index contributed by atoms with van der Waals surface area (Å²) < 4.78 is 34.5. The second-order valence-electron chi connectivity index (χ2n) is 7.28. The average molecular weight is 360 g/mol. The number of hydrogen-bond donors (Lipinski definition) is 1. The molecule has 1 aromatic rings. The van der Waals surface area contributed by atoms with E-state index in [0.29, 0.717) is 29.7 Å². The molecule has 0 radical (unpaired) electrons. The molecule has 0 bridgehead atoms. The molecule has 2 unspecified atom stereocenters. The molecule has 0 saturated heterocycles. The number of Topliss-reactive ketones (excluding diaryl/α,β-unsaturated/α-hetero) is 1. The lowest BCUT2D eigenvalue weighted by atomic mass is 9.68. The Morgan fingerprint density at radius 2 is 1.96 bits per heavy atom. The van der Waals surface area contributed by atoms with Crippen LogP contribution in [-0.4, -0.2) is 18.3 Å². The van der Waals surface area contributed by atoms with Gasteiger partial charge in [-0.15, -0.1) is 0 Å². The number of ether oxygens (including phenoxy) is 2. The van der Waals surface area contributed by atoms with Gasteiger partial charge in [-0.25, -0.2) is 0 Å². The van der Waals surface area contributed by atoms with Gasteiger partial charge in [-0.3, -0.25) is 10.2 Å². The summed E-state index contributed by atoms with van der Waals surface area (Å²) in [6.45, 7) is 0.966. The zero-order chi connectivity index (χ0) is 19.1. The third kappa shape index (κ3) is 3.32. The van der Waals surface area contributed by atoms with Gasteiger partial charge in [-0.05, 0) is 23.1 Å². The summed E-state index contributed by atoms with van der Waals surface area (Å²) >= 11 is 0. The molecular formula is C19H18F2N2O3. The number of nitriles is 1. The molecule has 0 saturated carbocycles. The molecule has 1 aliphatic heterocycles. The molecule has 136 valence electrons. The molecule has 1 N–H and O–H groups in total. The summed E-state index contributed by atoms with van der Waals surface area (Å²) in [5.41, 5.74) is 0.719. The maximum Gasteiger partial charge on any atom is 0.387 e. The van der Waals surface area contributed by atoms with Gasteiger partial charge >= 0.3 is 6.61 Å². The van der Waals surface area contributed by atoms with Crippen molar-refractivity contribution in [3.63, 3.8) is 0 Å². The molecule has 1 heterocycles. The molecule has 0 fully saturated rings. The highest BCUT2D eigenvalue weighted by atomic mass is 19.3. The van der Waals surface area contributed by atoms with E-state index in [-0.39, 0.29) is 22.8 Å². The summed E-state index contributed by atoms with van der Waals surface area (Å²) in [7, 11) is 0. The highest BCUT2D eigenvalue weighted by Gasteiger charge is 2.46. The largest absolute Gasteiger partial charge is 0.446 e. The lowest BCUT2D eigenvalue weighted by Gasteiger charge is -2.39. The predicted octanol–water partition coefficient (Wildman–Crippen LogP) is 4.16. The van der Waals surface area contributed by atoms with E-state index in [1.807, 2.05) is 19.9 Å². The van der Waals surface area contributed by atoms with Crippen molar-refractivity contribution in [2.45, 2.75) is 39.2 Å². The summed E-state index contributed by atoms with van der Waals surface area (Å²) in [5.74, 6) is -1.48. The number of nitrogens with zero attached hydrogens (tertiary/aromatic N) is 1. The average Bonchev–Trinajstić information content (AvgIpc) is 2.52. The fourth-order valence-electron chi connectivity index (χ4n) is 3.58. The first-order valence-corrected chi connectivity index (χ1v) is 8.19. The lowest BCUT2D eigenvalue weighted by Crippen LogP contribution is -2.38. The molecule has 1 aromatic carbocycles. The Labute approximate surface area is 149 Å². The molecule has 2 aliphatic rings. The molecule has 26 heavy (non-hydrogen) atoms. The molecule has 0 aromatic heterocycles. The van der Waals surface area contributed by atoms with E-state index >= 15 is 0 Å². The van der Waals surface area contributed by atoms with Crippen LogP contribution in [0.2, 0.25) is 0 Å². The molecule has 2 atom stereocenters. The third-order valence-electron chi connectivity index (χ3n) is 4.64.